The molecule has 19 heavy (non-hydrogen) atoms. The van der Waals surface area contributed by atoms with Crippen LogP contribution in [0.25, 0.3) is 0 Å². The van der Waals surface area contributed by atoms with E-state index >= 15 is 0 Å². The molecule has 1 aromatic carbocycles. The van der Waals surface area contributed by atoms with Crippen molar-refractivity contribution >= 4 is 11.9 Å². The third kappa shape index (κ3) is 4.71. The minimum absolute atomic E-state index is 0.0478. The van der Waals surface area contributed by atoms with Gasteiger partial charge in [0.2, 0.25) is 5.91 Å². The Hall–Kier alpha value is -1.88. The molecule has 0 aliphatic rings. The van der Waals surface area contributed by atoms with Gasteiger partial charge in [0.05, 0.1) is 12.0 Å². The highest BCUT2D eigenvalue weighted by atomic mass is 16.4. The first-order valence-electron chi connectivity index (χ1n) is 6.04. The van der Waals surface area contributed by atoms with Crippen molar-refractivity contribution in [3.63, 3.8) is 0 Å². The number of amides is 1. The fraction of sp³-hybridized carbons (Fsp3) is 0.429. The number of aliphatic carboxylic acids is 1. The van der Waals surface area contributed by atoms with Crippen LogP contribution in [0.5, 0.6) is 0 Å². The van der Waals surface area contributed by atoms with Gasteiger partial charge in [0, 0.05) is 13.0 Å². The number of hydrogen-bond donors (Lipinski definition) is 3. The van der Waals surface area contributed by atoms with Crippen molar-refractivity contribution in [2.75, 3.05) is 0 Å². The molecule has 0 bridgehead atoms. The Morgan fingerprint density at radius 3 is 2.47 bits per heavy atom. The number of carbonyl (C=O) groups is 2. The predicted molar refractivity (Wildman–Crippen MR) is 70.2 cm³/mol. The Labute approximate surface area is 112 Å². The smallest absolute Gasteiger partial charge is 0.309 e. The second kappa shape index (κ2) is 6.33. The number of aliphatic hydroxyl groups is 1. The molecule has 0 saturated heterocycles. The average molecular weight is 265 g/mol. The molecule has 3 N–H and O–H groups in total. The lowest BCUT2D eigenvalue weighted by atomic mass is 9.89. The van der Waals surface area contributed by atoms with E-state index in [1.165, 1.54) is 13.8 Å². The first-order valence-corrected chi connectivity index (χ1v) is 6.04. The van der Waals surface area contributed by atoms with Crippen molar-refractivity contribution in [3.8, 4) is 0 Å². The van der Waals surface area contributed by atoms with Crippen LogP contribution in [0.4, 0.5) is 0 Å². The van der Waals surface area contributed by atoms with Gasteiger partial charge in [-0.2, -0.15) is 0 Å². The first-order chi connectivity index (χ1) is 8.85. The lowest BCUT2D eigenvalue weighted by Gasteiger charge is -2.18. The average Bonchev–Trinajstić information content (AvgIpc) is 2.36. The number of carboxylic acid groups (broad SMARTS) is 1. The molecular weight excluding hydrogens is 246 g/mol. The molecule has 0 radical (unpaired) electrons. The molecule has 0 atom stereocenters. The number of hydrogen-bond acceptors (Lipinski definition) is 3. The standard InChI is InChI=1S/C14H19NO4/c1-14(2,13(18)19)7-12(17)15-8-10-4-3-5-11(6-10)9-16/h3-6,16H,7-9H2,1-2H3,(H,15,17)(H,18,19). The normalized spacial score (nSPS) is 11.1. The van der Waals surface area contributed by atoms with Crippen LogP contribution in [-0.2, 0) is 22.7 Å². The van der Waals surface area contributed by atoms with E-state index in [0.29, 0.717) is 6.54 Å². The van der Waals surface area contributed by atoms with E-state index in [1.54, 1.807) is 18.2 Å². The third-order valence-electron chi connectivity index (χ3n) is 2.85. The van der Waals surface area contributed by atoms with Crippen molar-refractivity contribution in [2.45, 2.75) is 33.4 Å². The van der Waals surface area contributed by atoms with E-state index in [0.717, 1.165) is 11.1 Å². The highest BCUT2D eigenvalue weighted by Crippen LogP contribution is 2.20. The van der Waals surface area contributed by atoms with Crippen LogP contribution in [0.3, 0.4) is 0 Å². The minimum Gasteiger partial charge on any atom is -0.481 e. The summed E-state index contributed by atoms with van der Waals surface area (Å²) < 4.78 is 0. The molecule has 0 heterocycles. The van der Waals surface area contributed by atoms with E-state index in [1.807, 2.05) is 6.07 Å². The largest absolute Gasteiger partial charge is 0.481 e. The summed E-state index contributed by atoms with van der Waals surface area (Å²) in [7, 11) is 0. The van der Waals surface area contributed by atoms with Crippen molar-refractivity contribution in [1.29, 1.82) is 0 Å². The third-order valence-corrected chi connectivity index (χ3v) is 2.85. The molecule has 1 rings (SSSR count). The van der Waals surface area contributed by atoms with Gasteiger partial charge in [0.25, 0.3) is 0 Å². The molecule has 0 saturated carbocycles. The molecule has 0 aromatic heterocycles. The summed E-state index contributed by atoms with van der Waals surface area (Å²) in [6.07, 6.45) is -0.0674. The maximum atomic E-state index is 11.7. The molecule has 5 heteroatoms. The zero-order valence-corrected chi connectivity index (χ0v) is 11.1. The Morgan fingerprint density at radius 1 is 1.26 bits per heavy atom. The fourth-order valence-electron chi connectivity index (χ4n) is 1.58. The second-order valence-corrected chi connectivity index (χ2v) is 5.12. The lowest BCUT2D eigenvalue weighted by Crippen LogP contribution is -2.33. The van der Waals surface area contributed by atoms with Gasteiger partial charge in [-0.1, -0.05) is 24.3 Å². The van der Waals surface area contributed by atoms with E-state index in [9.17, 15) is 9.59 Å². The van der Waals surface area contributed by atoms with Crippen LogP contribution in [0.2, 0.25) is 0 Å². The monoisotopic (exact) mass is 265 g/mol. The summed E-state index contributed by atoms with van der Waals surface area (Å²) in [5.41, 5.74) is 0.572. The maximum absolute atomic E-state index is 11.7. The second-order valence-electron chi connectivity index (χ2n) is 5.12. The summed E-state index contributed by atoms with van der Waals surface area (Å²) in [4.78, 5) is 22.6. The van der Waals surface area contributed by atoms with Gasteiger partial charge in [-0.05, 0) is 25.0 Å². The van der Waals surface area contributed by atoms with Crippen LogP contribution >= 0.6 is 0 Å². The van der Waals surface area contributed by atoms with E-state index in [-0.39, 0.29) is 18.9 Å². The zero-order chi connectivity index (χ0) is 14.5. The van der Waals surface area contributed by atoms with E-state index < -0.39 is 11.4 Å². The topological polar surface area (TPSA) is 86.6 Å². The van der Waals surface area contributed by atoms with Gasteiger partial charge in [0.15, 0.2) is 0 Å². The Bertz CT molecular complexity index is 468. The highest BCUT2D eigenvalue weighted by Gasteiger charge is 2.29. The molecule has 1 aromatic rings. The molecule has 0 spiro atoms. The van der Waals surface area contributed by atoms with Crippen LogP contribution in [0.1, 0.15) is 31.4 Å². The molecule has 5 nitrogen and oxygen atoms in total. The molecule has 0 fully saturated rings. The Kier molecular flexibility index (Phi) is 5.06. The Balaban J connectivity index is 2.52. The molecule has 104 valence electrons. The molecule has 0 unspecified atom stereocenters. The van der Waals surface area contributed by atoms with Gasteiger partial charge >= 0.3 is 5.97 Å². The summed E-state index contributed by atoms with van der Waals surface area (Å²) in [6.45, 7) is 3.30. The number of aliphatic hydroxyl groups excluding tert-OH is 1. The number of carboxylic acids is 1. The number of nitrogens with one attached hydrogen (secondary N) is 1. The maximum Gasteiger partial charge on any atom is 0.309 e. The van der Waals surface area contributed by atoms with Gasteiger partial charge in [0.1, 0.15) is 0 Å². The van der Waals surface area contributed by atoms with Crippen molar-refractivity contribution < 1.29 is 19.8 Å². The van der Waals surface area contributed by atoms with Crippen LogP contribution < -0.4 is 5.32 Å². The molecule has 0 aliphatic carbocycles. The number of benzene rings is 1. The van der Waals surface area contributed by atoms with Crippen LogP contribution in [-0.4, -0.2) is 22.1 Å². The Morgan fingerprint density at radius 2 is 1.89 bits per heavy atom. The summed E-state index contributed by atoms with van der Waals surface area (Å²) in [5, 5.41) is 20.6. The van der Waals surface area contributed by atoms with Crippen LogP contribution in [0.15, 0.2) is 24.3 Å². The quantitative estimate of drug-likeness (QED) is 0.723. The first kappa shape index (κ1) is 15.2. The van der Waals surface area contributed by atoms with Gasteiger partial charge in [-0.25, -0.2) is 0 Å². The zero-order valence-electron chi connectivity index (χ0n) is 11.1. The summed E-state index contributed by atoms with van der Waals surface area (Å²) in [5.74, 6) is -1.30. The minimum atomic E-state index is -1.07. The summed E-state index contributed by atoms with van der Waals surface area (Å²) in [6, 6.07) is 7.22. The highest BCUT2D eigenvalue weighted by molar-refractivity contribution is 5.84. The van der Waals surface area contributed by atoms with E-state index in [2.05, 4.69) is 5.32 Å². The molecular formula is C14H19NO4. The van der Waals surface area contributed by atoms with Gasteiger partial charge in [-0.3, -0.25) is 9.59 Å². The van der Waals surface area contributed by atoms with Gasteiger partial charge < -0.3 is 15.5 Å². The SMILES string of the molecule is CC(C)(CC(=O)NCc1cccc(CO)c1)C(=O)O. The van der Waals surface area contributed by atoms with Crippen LogP contribution in [0, 0.1) is 5.41 Å². The predicted octanol–water partition coefficient (Wildman–Crippen LogP) is 1.30. The van der Waals surface area contributed by atoms with Crippen molar-refractivity contribution in [2.24, 2.45) is 5.41 Å². The van der Waals surface area contributed by atoms with Crippen molar-refractivity contribution in [3.05, 3.63) is 35.4 Å². The molecule has 0 aliphatic heterocycles. The number of rotatable bonds is 6. The van der Waals surface area contributed by atoms with E-state index in [4.69, 9.17) is 10.2 Å². The lowest BCUT2D eigenvalue weighted by molar-refractivity contribution is -0.149. The number of carbonyl (C=O) groups excluding carboxylic acids is 1. The van der Waals surface area contributed by atoms with Gasteiger partial charge in [-0.15, -0.1) is 0 Å². The van der Waals surface area contributed by atoms with Crippen molar-refractivity contribution in [1.82, 2.24) is 5.32 Å². The molecule has 1 amide bonds. The fourth-order valence-corrected chi connectivity index (χ4v) is 1.58. The summed E-state index contributed by atoms with van der Waals surface area (Å²) >= 11 is 0.